The van der Waals surface area contributed by atoms with Crippen LogP contribution < -0.4 is 11.1 Å². The van der Waals surface area contributed by atoms with E-state index in [1.165, 1.54) is 6.20 Å². The molecule has 0 unspecified atom stereocenters. The molecule has 1 amide bonds. The molecule has 4 N–H and O–H groups in total. The predicted molar refractivity (Wildman–Crippen MR) is 67.6 cm³/mol. The first-order valence-electron chi connectivity index (χ1n) is 4.80. The van der Waals surface area contributed by atoms with Crippen molar-refractivity contribution in [2.24, 2.45) is 0 Å². The van der Waals surface area contributed by atoms with Crippen LogP contribution in [-0.4, -0.2) is 21.1 Å². The number of halogens is 1. The van der Waals surface area contributed by atoms with Gasteiger partial charge in [0.15, 0.2) is 5.82 Å². The van der Waals surface area contributed by atoms with Gasteiger partial charge in [-0.05, 0) is 28.9 Å². The van der Waals surface area contributed by atoms with Crippen LogP contribution in [0.4, 0.5) is 11.5 Å². The summed E-state index contributed by atoms with van der Waals surface area (Å²) in [5, 5.41) is 9.19. The van der Waals surface area contributed by atoms with E-state index in [9.17, 15) is 4.79 Å². The molecule has 0 saturated heterocycles. The minimum absolute atomic E-state index is 0.308. The number of carbonyl (C=O) groups is 1. The Bertz CT molecular complexity index is 566. The van der Waals surface area contributed by atoms with Gasteiger partial charge in [0.25, 0.3) is 5.91 Å². The van der Waals surface area contributed by atoms with E-state index in [0.29, 0.717) is 22.8 Å². The SMILES string of the molecule is Cc1[nH]nc(NC(=O)c2cncc(Br)c2)c1N. The van der Waals surface area contributed by atoms with Gasteiger partial charge in [0.05, 0.1) is 16.9 Å². The number of H-pyrrole nitrogens is 1. The van der Waals surface area contributed by atoms with Crippen LogP contribution in [0.5, 0.6) is 0 Å². The molecule has 0 bridgehead atoms. The van der Waals surface area contributed by atoms with Gasteiger partial charge < -0.3 is 11.1 Å². The fraction of sp³-hybridized carbons (Fsp3) is 0.100. The Labute approximate surface area is 106 Å². The van der Waals surface area contributed by atoms with Crippen molar-refractivity contribution < 1.29 is 4.79 Å². The average molecular weight is 296 g/mol. The molecule has 17 heavy (non-hydrogen) atoms. The number of pyridine rings is 1. The van der Waals surface area contributed by atoms with Crippen LogP contribution in [0, 0.1) is 6.92 Å². The van der Waals surface area contributed by atoms with Gasteiger partial charge in [0, 0.05) is 16.9 Å². The van der Waals surface area contributed by atoms with Crippen molar-refractivity contribution in [3.05, 3.63) is 34.2 Å². The molecule has 2 heterocycles. The quantitative estimate of drug-likeness (QED) is 0.786. The topological polar surface area (TPSA) is 96.7 Å². The van der Waals surface area contributed by atoms with Crippen LogP contribution in [0.25, 0.3) is 0 Å². The molecule has 2 rings (SSSR count). The van der Waals surface area contributed by atoms with Crippen molar-refractivity contribution in [3.63, 3.8) is 0 Å². The van der Waals surface area contributed by atoms with Crippen LogP contribution in [0.2, 0.25) is 0 Å². The van der Waals surface area contributed by atoms with Crippen molar-refractivity contribution in [2.45, 2.75) is 6.92 Å². The second kappa shape index (κ2) is 4.54. The molecule has 0 aliphatic rings. The molecule has 0 atom stereocenters. The molecule has 0 aliphatic carbocycles. The Morgan fingerprint density at radius 1 is 1.53 bits per heavy atom. The summed E-state index contributed by atoms with van der Waals surface area (Å²) in [4.78, 5) is 15.8. The molecule has 2 aromatic heterocycles. The summed E-state index contributed by atoms with van der Waals surface area (Å²) in [6.45, 7) is 1.78. The maximum Gasteiger partial charge on any atom is 0.258 e. The van der Waals surface area contributed by atoms with E-state index in [-0.39, 0.29) is 5.91 Å². The van der Waals surface area contributed by atoms with Gasteiger partial charge in [0.2, 0.25) is 0 Å². The number of nitrogens with two attached hydrogens (primary N) is 1. The molecule has 0 fully saturated rings. The Morgan fingerprint density at radius 3 is 2.88 bits per heavy atom. The summed E-state index contributed by atoms with van der Waals surface area (Å²) < 4.78 is 0.733. The van der Waals surface area contributed by atoms with Crippen molar-refractivity contribution in [3.8, 4) is 0 Å². The minimum Gasteiger partial charge on any atom is -0.394 e. The number of rotatable bonds is 2. The van der Waals surface area contributed by atoms with E-state index in [1.807, 2.05) is 0 Å². The smallest absolute Gasteiger partial charge is 0.258 e. The lowest BCUT2D eigenvalue weighted by atomic mass is 10.2. The largest absolute Gasteiger partial charge is 0.394 e. The first-order chi connectivity index (χ1) is 8.08. The standard InChI is InChI=1S/C10H10BrN5O/c1-5-8(12)9(16-15-5)14-10(17)6-2-7(11)4-13-3-6/h2-4H,12H2,1H3,(H2,14,15,16,17). The third-order valence-corrected chi connectivity index (χ3v) is 2.63. The fourth-order valence-corrected chi connectivity index (χ4v) is 1.61. The van der Waals surface area contributed by atoms with Gasteiger partial charge in [-0.2, -0.15) is 5.10 Å². The summed E-state index contributed by atoms with van der Waals surface area (Å²) >= 11 is 3.25. The predicted octanol–water partition coefficient (Wildman–Crippen LogP) is 1.71. The molecular formula is C10H10BrN5O. The second-order valence-corrected chi connectivity index (χ2v) is 4.37. The van der Waals surface area contributed by atoms with Crippen LogP contribution in [0.15, 0.2) is 22.9 Å². The van der Waals surface area contributed by atoms with Gasteiger partial charge in [-0.3, -0.25) is 14.9 Å². The van der Waals surface area contributed by atoms with Crippen molar-refractivity contribution in [1.82, 2.24) is 15.2 Å². The van der Waals surface area contributed by atoms with Crippen LogP contribution >= 0.6 is 15.9 Å². The second-order valence-electron chi connectivity index (χ2n) is 3.46. The number of anilines is 2. The minimum atomic E-state index is -0.308. The zero-order valence-corrected chi connectivity index (χ0v) is 10.6. The van der Waals surface area contributed by atoms with Crippen molar-refractivity contribution in [1.29, 1.82) is 0 Å². The highest BCUT2D eigenvalue weighted by Gasteiger charge is 2.12. The van der Waals surface area contributed by atoms with Crippen LogP contribution in [0.1, 0.15) is 16.1 Å². The maximum absolute atomic E-state index is 11.8. The average Bonchev–Trinajstić information content (AvgIpc) is 2.61. The molecule has 6 nitrogen and oxygen atoms in total. The summed E-state index contributed by atoms with van der Waals surface area (Å²) in [5.74, 6) is 0.0180. The first-order valence-corrected chi connectivity index (χ1v) is 5.59. The number of aryl methyl sites for hydroxylation is 1. The van der Waals surface area contributed by atoms with E-state index < -0.39 is 0 Å². The first kappa shape index (κ1) is 11.6. The molecule has 2 aromatic rings. The number of aromatic nitrogens is 3. The highest BCUT2D eigenvalue weighted by atomic mass is 79.9. The van der Waals surface area contributed by atoms with Gasteiger partial charge in [-0.25, -0.2) is 0 Å². The zero-order valence-electron chi connectivity index (χ0n) is 8.99. The number of hydrogen-bond acceptors (Lipinski definition) is 4. The number of nitrogen functional groups attached to an aromatic ring is 1. The summed E-state index contributed by atoms with van der Waals surface area (Å²) in [6.07, 6.45) is 3.07. The van der Waals surface area contributed by atoms with Gasteiger partial charge in [-0.1, -0.05) is 0 Å². The summed E-state index contributed by atoms with van der Waals surface area (Å²) in [5.41, 5.74) is 7.30. The fourth-order valence-electron chi connectivity index (χ4n) is 1.25. The van der Waals surface area contributed by atoms with E-state index in [0.717, 1.165) is 4.47 Å². The van der Waals surface area contributed by atoms with Crippen molar-refractivity contribution >= 4 is 33.3 Å². The third-order valence-electron chi connectivity index (χ3n) is 2.19. The Balaban J connectivity index is 2.20. The van der Waals surface area contributed by atoms with E-state index >= 15 is 0 Å². The summed E-state index contributed by atoms with van der Waals surface area (Å²) in [7, 11) is 0. The third kappa shape index (κ3) is 2.44. The molecule has 0 aromatic carbocycles. The molecule has 7 heteroatoms. The molecular weight excluding hydrogens is 286 g/mol. The molecule has 0 aliphatic heterocycles. The van der Waals surface area contributed by atoms with Crippen molar-refractivity contribution in [2.75, 3.05) is 11.1 Å². The number of amides is 1. The summed E-state index contributed by atoms with van der Waals surface area (Å²) in [6, 6.07) is 1.66. The number of aromatic amines is 1. The molecule has 0 spiro atoms. The van der Waals surface area contributed by atoms with E-state index in [2.05, 4.69) is 36.4 Å². The molecule has 0 radical (unpaired) electrons. The lowest BCUT2D eigenvalue weighted by Crippen LogP contribution is -2.13. The Hall–Kier alpha value is -1.89. The zero-order chi connectivity index (χ0) is 12.4. The lowest BCUT2D eigenvalue weighted by molar-refractivity contribution is 0.102. The van der Waals surface area contributed by atoms with Crippen LogP contribution in [0.3, 0.4) is 0 Å². The number of nitrogens with one attached hydrogen (secondary N) is 2. The Kier molecular flexibility index (Phi) is 3.10. The molecule has 88 valence electrons. The van der Waals surface area contributed by atoms with Gasteiger partial charge >= 0.3 is 0 Å². The number of nitrogens with zero attached hydrogens (tertiary/aromatic N) is 2. The van der Waals surface area contributed by atoms with Gasteiger partial charge in [-0.15, -0.1) is 0 Å². The van der Waals surface area contributed by atoms with E-state index in [1.54, 1.807) is 19.2 Å². The highest BCUT2D eigenvalue weighted by Crippen LogP contribution is 2.19. The maximum atomic E-state index is 11.8. The van der Waals surface area contributed by atoms with E-state index in [4.69, 9.17) is 5.73 Å². The number of hydrogen-bond donors (Lipinski definition) is 3. The highest BCUT2D eigenvalue weighted by molar-refractivity contribution is 9.10. The number of carbonyl (C=O) groups excluding carboxylic acids is 1. The lowest BCUT2D eigenvalue weighted by Gasteiger charge is -2.02. The Morgan fingerprint density at radius 2 is 2.29 bits per heavy atom. The van der Waals surface area contributed by atoms with Crippen LogP contribution in [-0.2, 0) is 0 Å². The normalized spacial score (nSPS) is 10.2. The molecule has 0 saturated carbocycles. The van der Waals surface area contributed by atoms with Gasteiger partial charge in [0.1, 0.15) is 0 Å². The monoisotopic (exact) mass is 295 g/mol.